The normalized spacial score (nSPS) is 23.6. The van der Waals surface area contributed by atoms with E-state index in [1.54, 1.807) is 25.4 Å². The molecule has 0 saturated carbocycles. The van der Waals surface area contributed by atoms with E-state index in [1.165, 1.54) is 4.90 Å². The predicted molar refractivity (Wildman–Crippen MR) is 242 cm³/mol. The van der Waals surface area contributed by atoms with E-state index in [9.17, 15) is 33.6 Å². The molecule has 3 heterocycles. The maximum Gasteiger partial charge on any atom is 0.243 e. The van der Waals surface area contributed by atoms with Gasteiger partial charge in [0.2, 0.25) is 35.4 Å². The highest BCUT2D eigenvalue weighted by molar-refractivity contribution is 5.97. The first-order valence-electron chi connectivity index (χ1n) is 21.9. The van der Waals surface area contributed by atoms with Gasteiger partial charge in [-0.25, -0.2) is 0 Å². The summed E-state index contributed by atoms with van der Waals surface area (Å²) in [6.07, 6.45) is 5.50. The third-order valence-electron chi connectivity index (χ3n) is 11.5. The molecule has 64 heavy (non-hydrogen) atoms. The minimum Gasteiger partial charge on any atom is -0.400 e. The molecule has 3 aromatic rings. The van der Waals surface area contributed by atoms with Crippen LogP contribution in [0.4, 0.5) is 0 Å². The van der Waals surface area contributed by atoms with Crippen LogP contribution in [0.2, 0.25) is 0 Å². The van der Waals surface area contributed by atoms with Gasteiger partial charge in [-0.1, -0.05) is 61.4 Å². The highest BCUT2D eigenvalue weighted by atomic mass is 16.2. The van der Waals surface area contributed by atoms with Crippen LogP contribution in [0.3, 0.4) is 0 Å². The number of para-hydroxylation sites is 1. The average molecular weight is 888 g/mol. The molecule has 2 aliphatic heterocycles. The number of carbonyl (C=O) groups is 7. The number of rotatable bonds is 10. The second-order valence-electron chi connectivity index (χ2n) is 16.1. The van der Waals surface area contributed by atoms with E-state index in [4.69, 9.17) is 22.3 Å². The lowest BCUT2D eigenvalue weighted by molar-refractivity contribution is -0.141. The molecule has 2 aliphatic rings. The van der Waals surface area contributed by atoms with Crippen molar-refractivity contribution in [1.82, 2.24) is 36.5 Å². The van der Waals surface area contributed by atoms with Crippen molar-refractivity contribution in [3.05, 3.63) is 71.9 Å². The number of aromatic nitrogens is 1. The minimum atomic E-state index is -1.23. The van der Waals surface area contributed by atoms with Crippen molar-refractivity contribution in [3.63, 3.8) is 0 Å². The minimum absolute atomic E-state index is 0.0154. The van der Waals surface area contributed by atoms with E-state index in [1.807, 2.05) is 42.5 Å². The molecule has 2 fully saturated rings. The molecule has 1 aromatic heterocycles. The maximum absolute atomic E-state index is 14.4. The highest BCUT2D eigenvalue weighted by Gasteiger charge is 2.39. The Hall–Kier alpha value is -6.34. The van der Waals surface area contributed by atoms with Crippen molar-refractivity contribution in [1.29, 1.82) is 0 Å². The Balaban J connectivity index is 0.00000442. The summed E-state index contributed by atoms with van der Waals surface area (Å²) in [5.41, 5.74) is 19.1. The van der Waals surface area contributed by atoms with Crippen LogP contribution in [-0.2, 0) is 46.4 Å². The number of amides is 6. The molecule has 0 aliphatic carbocycles. The zero-order chi connectivity index (χ0) is 46.6. The Kier molecular flexibility index (Phi) is 20.2. The molecule has 19 heteroatoms. The summed E-state index contributed by atoms with van der Waals surface area (Å²) in [7, 11) is 2.63. The van der Waals surface area contributed by atoms with E-state index in [2.05, 4.69) is 36.6 Å². The van der Waals surface area contributed by atoms with Gasteiger partial charge in [0.05, 0.1) is 6.04 Å². The summed E-state index contributed by atoms with van der Waals surface area (Å²) in [6, 6.07) is 10.2. The average Bonchev–Trinajstić information content (AvgIpc) is 3.95. The van der Waals surface area contributed by atoms with Gasteiger partial charge in [0, 0.05) is 63.0 Å². The number of aliphatic hydroxyl groups is 1. The number of Topliss-reactive ketones (excluding diaryl/α,β-unsaturated/α-hetero) is 1. The number of aliphatic imine (C=N–C) groups is 1. The first-order valence-corrected chi connectivity index (χ1v) is 21.9. The lowest BCUT2D eigenvalue weighted by atomic mass is 10.00. The molecule has 348 valence electrons. The molecule has 0 spiro atoms. The van der Waals surface area contributed by atoms with Crippen molar-refractivity contribution in [2.75, 3.05) is 27.2 Å². The van der Waals surface area contributed by atoms with Crippen LogP contribution in [0.1, 0.15) is 81.8 Å². The van der Waals surface area contributed by atoms with Crippen LogP contribution in [0.25, 0.3) is 10.9 Å². The quantitative estimate of drug-likeness (QED) is 0.0730. The highest BCUT2D eigenvalue weighted by Crippen LogP contribution is 2.22. The number of nitrogens with two attached hydrogens (primary N) is 3. The molecule has 19 nitrogen and oxygen atoms in total. The Bertz CT molecular complexity index is 2070. The van der Waals surface area contributed by atoms with Gasteiger partial charge in [-0.3, -0.25) is 38.6 Å². The zero-order valence-corrected chi connectivity index (χ0v) is 36.8. The number of fused-ring (bicyclic) bond motifs is 2. The molecule has 5 rings (SSSR count). The van der Waals surface area contributed by atoms with Crippen molar-refractivity contribution in [2.24, 2.45) is 22.2 Å². The lowest BCUT2D eigenvalue weighted by Crippen LogP contribution is -2.60. The maximum atomic E-state index is 14.4. The van der Waals surface area contributed by atoms with Gasteiger partial charge in [-0.2, -0.15) is 0 Å². The summed E-state index contributed by atoms with van der Waals surface area (Å²) >= 11 is 0. The van der Waals surface area contributed by atoms with Crippen LogP contribution < -0.4 is 43.8 Å². The number of primary amides is 1. The molecule has 0 unspecified atom stereocenters. The third-order valence-corrected chi connectivity index (χ3v) is 11.5. The molecule has 2 aromatic carbocycles. The molecular weight excluding hydrogens is 823 g/mol. The number of guanidine groups is 1. The monoisotopic (exact) mass is 888 g/mol. The smallest absolute Gasteiger partial charge is 0.243 e. The number of aliphatic hydroxyl groups excluding tert-OH is 1. The predicted octanol–water partition coefficient (Wildman–Crippen LogP) is -0.0679. The van der Waals surface area contributed by atoms with Gasteiger partial charge in [0.1, 0.15) is 36.0 Å². The first kappa shape index (κ1) is 50.3. The van der Waals surface area contributed by atoms with Crippen LogP contribution in [0, 0.1) is 0 Å². The van der Waals surface area contributed by atoms with Crippen LogP contribution in [-0.4, -0.2) is 126 Å². The Morgan fingerprint density at radius 3 is 2.12 bits per heavy atom. The fraction of sp³-hybridized carbons (Fsp3) is 0.511. The van der Waals surface area contributed by atoms with Gasteiger partial charge in [-0.05, 0) is 69.2 Å². The zero-order valence-electron chi connectivity index (χ0n) is 36.8. The number of aromatic amines is 1. The molecule has 6 atom stereocenters. The largest absolute Gasteiger partial charge is 0.400 e. The van der Waals surface area contributed by atoms with Crippen LogP contribution in [0.5, 0.6) is 0 Å². The summed E-state index contributed by atoms with van der Waals surface area (Å²) in [5.74, 6) is -3.80. The first-order chi connectivity index (χ1) is 30.8. The van der Waals surface area contributed by atoms with E-state index in [-0.39, 0.29) is 75.6 Å². The van der Waals surface area contributed by atoms with Crippen LogP contribution >= 0.6 is 0 Å². The second kappa shape index (κ2) is 25.7. The van der Waals surface area contributed by atoms with Gasteiger partial charge in [0.15, 0.2) is 5.96 Å². The number of benzene rings is 2. The Labute approximate surface area is 373 Å². The van der Waals surface area contributed by atoms with Gasteiger partial charge in [-0.15, -0.1) is 0 Å². The second-order valence-corrected chi connectivity index (χ2v) is 16.1. The molecule has 2 saturated heterocycles. The van der Waals surface area contributed by atoms with E-state index < -0.39 is 65.8 Å². The SMILES string of the molecule is CN[C@H]1CCC(=O)CCCCC[C@@H](C(N)=O)NC(=O)[C@H](Cc2c[nH]c3ccccc23)NC(=O)[C@H](CCCN=C(N)N)NC(=O)[C@@H](Cc2ccccc2)NC(=O)[C@@H]2CCCN2C1=O.CO. The van der Waals surface area contributed by atoms with Crippen LogP contribution in [0.15, 0.2) is 65.8 Å². The topological polar surface area (TPSA) is 309 Å². The Morgan fingerprint density at radius 1 is 0.750 bits per heavy atom. The van der Waals surface area contributed by atoms with Gasteiger partial charge in [0.25, 0.3) is 0 Å². The number of ketones is 1. The van der Waals surface area contributed by atoms with E-state index in [0.717, 1.165) is 23.6 Å². The molecular formula is C45H65N11O8. The number of nitrogens with zero attached hydrogens (tertiary/aromatic N) is 2. The third kappa shape index (κ3) is 14.9. The summed E-state index contributed by atoms with van der Waals surface area (Å²) in [5, 5.41) is 22.1. The number of H-pyrrole nitrogens is 1. The van der Waals surface area contributed by atoms with Gasteiger partial charge < -0.3 is 58.8 Å². The summed E-state index contributed by atoms with van der Waals surface area (Å²) in [6.45, 7) is 0.468. The Morgan fingerprint density at radius 2 is 1.41 bits per heavy atom. The van der Waals surface area contributed by atoms with E-state index >= 15 is 0 Å². The number of nitrogens with one attached hydrogen (secondary N) is 6. The number of hydrogen-bond donors (Lipinski definition) is 10. The summed E-state index contributed by atoms with van der Waals surface area (Å²) in [4.78, 5) is 105. The molecule has 13 N–H and O–H groups in total. The van der Waals surface area contributed by atoms with Crippen molar-refractivity contribution in [2.45, 2.75) is 120 Å². The van der Waals surface area contributed by atoms with Gasteiger partial charge >= 0.3 is 0 Å². The lowest BCUT2D eigenvalue weighted by Gasteiger charge is -2.30. The molecule has 6 amide bonds. The van der Waals surface area contributed by atoms with E-state index in [0.29, 0.717) is 44.2 Å². The molecule has 0 bridgehead atoms. The number of hydrogen-bond acceptors (Lipinski definition) is 10. The number of likely N-dealkylation sites (N-methyl/N-ethyl adjacent to an activating group) is 1. The summed E-state index contributed by atoms with van der Waals surface area (Å²) < 4.78 is 0. The fourth-order valence-electron chi connectivity index (χ4n) is 8.10. The number of carbonyl (C=O) groups excluding carboxylic acids is 7. The van der Waals surface area contributed by atoms with Crippen molar-refractivity contribution >= 4 is 58.1 Å². The van der Waals surface area contributed by atoms with Crippen molar-refractivity contribution in [3.8, 4) is 0 Å². The van der Waals surface area contributed by atoms with Crippen molar-refractivity contribution < 1.29 is 38.7 Å². The molecule has 0 radical (unpaired) electrons. The standard InChI is InChI=1S/C44H61N11O7.CH4O/c1-48-34-21-20-29(56)14-6-3-7-17-32(38(45)57)51-41(60)36(25-28-26-50-31-16-9-8-15-30(28)31)53-39(58)33(18-10-22-49-44(46)47)52-40(59)35(24-27-12-4-2-5-13-27)54-42(61)37-19-11-23-55(37)43(34)62;1-2/h2,4-5,8-9,12-13,15-16,26,32-37,48,50H,3,6-7,10-11,14,17-25H2,1H3,(H2,45,57)(H,51,60)(H,52,59)(H,53,58)(H,54,61)(H4,46,47,49);2H,1H3/t32-,33-,34-,35+,36-,37-;/m0./s1. The fourth-order valence-corrected chi connectivity index (χ4v) is 8.10.